The van der Waals surface area contributed by atoms with Gasteiger partial charge in [0.05, 0.1) is 12.3 Å². The third-order valence-electron chi connectivity index (χ3n) is 2.56. The van der Waals surface area contributed by atoms with Gasteiger partial charge in [0.1, 0.15) is 10.2 Å². The first kappa shape index (κ1) is 10.1. The van der Waals surface area contributed by atoms with Gasteiger partial charge in [0.25, 0.3) is 0 Å². The van der Waals surface area contributed by atoms with Crippen LogP contribution in [0.4, 0.5) is 0 Å². The molecule has 76 valence electrons. The van der Waals surface area contributed by atoms with Gasteiger partial charge in [0, 0.05) is 20.1 Å². The number of halogens is 1. The van der Waals surface area contributed by atoms with Crippen molar-refractivity contribution in [3.05, 3.63) is 28.5 Å². The van der Waals surface area contributed by atoms with Crippen molar-refractivity contribution in [2.75, 3.05) is 20.3 Å². The summed E-state index contributed by atoms with van der Waals surface area (Å²) in [6, 6.07) is 5.84. The number of aromatic nitrogens is 1. The minimum Gasteiger partial charge on any atom is -0.378 e. The Morgan fingerprint density at radius 2 is 2.43 bits per heavy atom. The van der Waals surface area contributed by atoms with E-state index in [9.17, 15) is 0 Å². The van der Waals surface area contributed by atoms with E-state index in [2.05, 4.69) is 20.9 Å². The number of rotatable bonds is 2. The number of pyridine rings is 1. The van der Waals surface area contributed by atoms with Crippen molar-refractivity contribution in [2.24, 2.45) is 0 Å². The van der Waals surface area contributed by atoms with Gasteiger partial charge in [0.2, 0.25) is 0 Å². The highest BCUT2D eigenvalue weighted by Crippen LogP contribution is 2.32. The summed E-state index contributed by atoms with van der Waals surface area (Å²) in [6.45, 7) is 1.33. The van der Waals surface area contributed by atoms with Crippen LogP contribution in [0.1, 0.15) is 12.1 Å². The molecular weight excluding hydrogens is 246 g/mol. The van der Waals surface area contributed by atoms with Crippen molar-refractivity contribution in [2.45, 2.75) is 12.0 Å². The average molecular weight is 258 g/mol. The lowest BCUT2D eigenvalue weighted by Gasteiger charge is -2.24. The van der Waals surface area contributed by atoms with Crippen molar-refractivity contribution in [1.82, 2.24) is 4.98 Å². The SMILES string of the molecule is CO[C@]1(c2cccc(Br)n2)CCOC1. The Labute approximate surface area is 91.6 Å². The Morgan fingerprint density at radius 3 is 3.00 bits per heavy atom. The van der Waals surface area contributed by atoms with Crippen LogP contribution in [0.3, 0.4) is 0 Å². The van der Waals surface area contributed by atoms with E-state index in [-0.39, 0.29) is 5.60 Å². The zero-order valence-electron chi connectivity index (χ0n) is 8.00. The molecule has 2 heterocycles. The van der Waals surface area contributed by atoms with Crippen LogP contribution in [0.15, 0.2) is 22.8 Å². The fourth-order valence-corrected chi connectivity index (χ4v) is 2.02. The maximum Gasteiger partial charge on any atom is 0.135 e. The number of ether oxygens (including phenoxy) is 2. The number of nitrogens with zero attached hydrogens (tertiary/aromatic N) is 1. The zero-order valence-corrected chi connectivity index (χ0v) is 9.58. The molecule has 4 heteroatoms. The Bertz CT molecular complexity index is 324. The van der Waals surface area contributed by atoms with E-state index >= 15 is 0 Å². The van der Waals surface area contributed by atoms with Gasteiger partial charge in [-0.3, -0.25) is 0 Å². The number of methoxy groups -OCH3 is 1. The first-order valence-electron chi connectivity index (χ1n) is 4.53. The van der Waals surface area contributed by atoms with Crippen molar-refractivity contribution in [1.29, 1.82) is 0 Å². The maximum absolute atomic E-state index is 5.53. The van der Waals surface area contributed by atoms with E-state index in [0.29, 0.717) is 6.61 Å². The molecule has 1 aliphatic rings. The lowest BCUT2D eigenvalue weighted by molar-refractivity contribution is -0.0247. The molecule has 3 nitrogen and oxygen atoms in total. The molecule has 0 amide bonds. The highest BCUT2D eigenvalue weighted by Gasteiger charge is 2.38. The summed E-state index contributed by atoms with van der Waals surface area (Å²) >= 11 is 3.36. The van der Waals surface area contributed by atoms with Crippen LogP contribution in [0.2, 0.25) is 0 Å². The van der Waals surface area contributed by atoms with Crippen LogP contribution in [-0.2, 0) is 15.1 Å². The molecule has 0 N–H and O–H groups in total. The first-order chi connectivity index (χ1) is 6.77. The maximum atomic E-state index is 5.53. The topological polar surface area (TPSA) is 31.4 Å². The highest BCUT2D eigenvalue weighted by molar-refractivity contribution is 9.10. The molecule has 0 spiro atoms. The largest absolute Gasteiger partial charge is 0.378 e. The lowest BCUT2D eigenvalue weighted by Crippen LogP contribution is -2.29. The Balaban J connectivity index is 2.35. The normalized spacial score (nSPS) is 26.7. The minimum atomic E-state index is -0.343. The predicted octanol–water partition coefficient (Wildman–Crippen LogP) is 2.11. The molecular formula is C10H12BrNO2. The first-order valence-corrected chi connectivity index (χ1v) is 5.32. The highest BCUT2D eigenvalue weighted by atomic mass is 79.9. The molecule has 0 bridgehead atoms. The standard InChI is InChI=1S/C10H12BrNO2/c1-13-10(5-6-14-7-10)8-3-2-4-9(11)12-8/h2-4H,5-7H2,1H3/t10-/m1/s1. The molecule has 0 aliphatic carbocycles. The fraction of sp³-hybridized carbons (Fsp3) is 0.500. The molecule has 0 unspecified atom stereocenters. The van der Waals surface area contributed by atoms with E-state index in [4.69, 9.17) is 9.47 Å². The summed E-state index contributed by atoms with van der Waals surface area (Å²) in [6.07, 6.45) is 0.868. The van der Waals surface area contributed by atoms with Gasteiger partial charge in [-0.15, -0.1) is 0 Å². The van der Waals surface area contributed by atoms with Crippen LogP contribution < -0.4 is 0 Å². The van der Waals surface area contributed by atoms with Crippen LogP contribution in [-0.4, -0.2) is 25.3 Å². The second-order valence-electron chi connectivity index (χ2n) is 3.35. The third kappa shape index (κ3) is 1.69. The molecule has 1 saturated heterocycles. The summed E-state index contributed by atoms with van der Waals surface area (Å²) in [5, 5.41) is 0. The zero-order chi connectivity index (χ0) is 10.0. The van der Waals surface area contributed by atoms with Crippen LogP contribution in [0, 0.1) is 0 Å². The Hall–Kier alpha value is -0.450. The third-order valence-corrected chi connectivity index (χ3v) is 3.00. The smallest absolute Gasteiger partial charge is 0.135 e. The van der Waals surface area contributed by atoms with Crippen LogP contribution in [0.25, 0.3) is 0 Å². The molecule has 1 aromatic rings. The lowest BCUT2D eigenvalue weighted by atomic mass is 9.98. The van der Waals surface area contributed by atoms with Crippen molar-refractivity contribution in [3.8, 4) is 0 Å². The van der Waals surface area contributed by atoms with Gasteiger partial charge >= 0.3 is 0 Å². The summed E-state index contributed by atoms with van der Waals surface area (Å²) < 4.78 is 11.7. The fourth-order valence-electron chi connectivity index (χ4n) is 1.68. The van der Waals surface area contributed by atoms with E-state index in [1.54, 1.807) is 7.11 Å². The molecule has 1 aliphatic heterocycles. The Morgan fingerprint density at radius 1 is 1.57 bits per heavy atom. The minimum absolute atomic E-state index is 0.343. The molecule has 0 saturated carbocycles. The van der Waals surface area contributed by atoms with Crippen molar-refractivity contribution < 1.29 is 9.47 Å². The Kier molecular flexibility index (Phi) is 2.85. The van der Waals surface area contributed by atoms with Gasteiger partial charge in [-0.05, 0) is 28.1 Å². The molecule has 0 radical (unpaired) electrons. The van der Waals surface area contributed by atoms with E-state index in [1.807, 2.05) is 18.2 Å². The van der Waals surface area contributed by atoms with Crippen molar-refractivity contribution in [3.63, 3.8) is 0 Å². The second-order valence-corrected chi connectivity index (χ2v) is 4.16. The van der Waals surface area contributed by atoms with Crippen LogP contribution >= 0.6 is 15.9 Å². The van der Waals surface area contributed by atoms with E-state index in [1.165, 1.54) is 0 Å². The van der Waals surface area contributed by atoms with E-state index in [0.717, 1.165) is 23.3 Å². The quantitative estimate of drug-likeness (QED) is 0.761. The average Bonchev–Trinajstić information content (AvgIpc) is 2.67. The summed E-state index contributed by atoms with van der Waals surface area (Å²) in [5.41, 5.74) is 0.593. The monoisotopic (exact) mass is 257 g/mol. The number of hydrogen-bond donors (Lipinski definition) is 0. The van der Waals surface area contributed by atoms with Gasteiger partial charge in [-0.2, -0.15) is 0 Å². The van der Waals surface area contributed by atoms with Gasteiger partial charge in [0.15, 0.2) is 0 Å². The molecule has 1 aromatic heterocycles. The molecule has 1 fully saturated rings. The van der Waals surface area contributed by atoms with Gasteiger partial charge < -0.3 is 9.47 Å². The van der Waals surface area contributed by atoms with Crippen LogP contribution in [0.5, 0.6) is 0 Å². The summed E-state index contributed by atoms with van der Waals surface area (Å²) in [4.78, 5) is 4.41. The van der Waals surface area contributed by atoms with E-state index < -0.39 is 0 Å². The molecule has 0 aromatic carbocycles. The summed E-state index contributed by atoms with van der Waals surface area (Å²) in [7, 11) is 1.71. The predicted molar refractivity (Wildman–Crippen MR) is 56.1 cm³/mol. The number of hydrogen-bond acceptors (Lipinski definition) is 3. The molecule has 2 rings (SSSR count). The van der Waals surface area contributed by atoms with Gasteiger partial charge in [-0.25, -0.2) is 4.98 Å². The second kappa shape index (κ2) is 3.96. The van der Waals surface area contributed by atoms with Crippen molar-refractivity contribution >= 4 is 15.9 Å². The molecule has 1 atom stereocenters. The van der Waals surface area contributed by atoms with Gasteiger partial charge in [-0.1, -0.05) is 6.07 Å². The summed E-state index contributed by atoms with van der Waals surface area (Å²) in [5.74, 6) is 0. The molecule has 14 heavy (non-hydrogen) atoms.